The average Bonchev–Trinajstić information content (AvgIpc) is 3.51. The summed E-state index contributed by atoms with van der Waals surface area (Å²) in [5, 5.41) is 20.8. The van der Waals surface area contributed by atoms with Crippen molar-refractivity contribution < 1.29 is 0 Å². The Morgan fingerprint density at radius 3 is 2.74 bits per heavy atom. The van der Waals surface area contributed by atoms with E-state index < -0.39 is 0 Å². The van der Waals surface area contributed by atoms with Gasteiger partial charge >= 0.3 is 0 Å². The molecule has 2 N–H and O–H groups in total. The Labute approximate surface area is 181 Å². The molecule has 0 aliphatic heterocycles. The van der Waals surface area contributed by atoms with Crippen molar-refractivity contribution in [3.8, 4) is 21.8 Å². The minimum Gasteiger partial charge on any atom is -0.290 e. The lowest BCUT2D eigenvalue weighted by atomic mass is 10.0. The molecule has 0 spiro atoms. The first-order valence-corrected chi connectivity index (χ1v) is 10.9. The zero-order chi connectivity index (χ0) is 21.4. The molecule has 1 aromatic carbocycles. The van der Waals surface area contributed by atoms with Crippen LogP contribution < -0.4 is 5.56 Å². The zero-order valence-corrected chi connectivity index (χ0v) is 17.9. The molecule has 0 atom stereocenters. The second kappa shape index (κ2) is 7.88. The fourth-order valence-electron chi connectivity index (χ4n) is 3.76. The normalized spacial score (nSPS) is 11.4. The van der Waals surface area contributed by atoms with Gasteiger partial charge in [-0.05, 0) is 41.1 Å². The van der Waals surface area contributed by atoms with Gasteiger partial charge in [-0.3, -0.25) is 9.78 Å². The molecule has 0 aliphatic rings. The van der Waals surface area contributed by atoms with Crippen LogP contribution in [0.15, 0.2) is 40.5 Å². The van der Waals surface area contributed by atoms with Crippen LogP contribution in [0.4, 0.5) is 0 Å². The number of hydrogen-bond donors (Lipinski definition) is 2. The van der Waals surface area contributed by atoms with Crippen molar-refractivity contribution in [2.24, 2.45) is 0 Å². The average molecular weight is 433 g/mol. The van der Waals surface area contributed by atoms with E-state index in [1.807, 2.05) is 18.4 Å². The lowest BCUT2D eigenvalue weighted by Gasteiger charge is -2.10. The van der Waals surface area contributed by atoms with E-state index in [1.165, 1.54) is 0 Å². The van der Waals surface area contributed by atoms with Crippen LogP contribution in [0.2, 0.25) is 0 Å². The highest BCUT2D eigenvalue weighted by Crippen LogP contribution is 2.35. The zero-order valence-electron chi connectivity index (χ0n) is 17.1. The molecule has 0 aliphatic carbocycles. The molecule has 4 heterocycles. The number of nitrogens with zero attached hydrogens (tertiary/aromatic N) is 6. The van der Waals surface area contributed by atoms with E-state index >= 15 is 0 Å². The highest BCUT2D eigenvalue weighted by atomic mass is 32.1. The Bertz CT molecular complexity index is 1400. The Morgan fingerprint density at radius 2 is 2.00 bits per heavy atom. The van der Waals surface area contributed by atoms with Gasteiger partial charge in [-0.25, -0.2) is 4.52 Å². The van der Waals surface area contributed by atoms with Gasteiger partial charge in [0, 0.05) is 22.4 Å². The SMILES string of the molecule is CCCc1c(Cc2ccc(-c3sccc3-c3nn[nH]n3)cc2)c(=O)[nH]c2nc(C)nn12. The van der Waals surface area contributed by atoms with Crippen molar-refractivity contribution in [2.75, 3.05) is 0 Å². The minimum absolute atomic E-state index is 0.106. The number of nitrogens with one attached hydrogen (secondary N) is 2. The Kier molecular flexibility index (Phi) is 4.91. The number of thiophene rings is 1. The highest BCUT2D eigenvalue weighted by Gasteiger charge is 2.16. The van der Waals surface area contributed by atoms with E-state index in [0.717, 1.165) is 45.7 Å². The highest BCUT2D eigenvalue weighted by molar-refractivity contribution is 7.14. The van der Waals surface area contributed by atoms with Gasteiger partial charge in [-0.1, -0.05) is 37.6 Å². The van der Waals surface area contributed by atoms with Gasteiger partial charge < -0.3 is 0 Å². The van der Waals surface area contributed by atoms with E-state index in [2.05, 4.69) is 66.9 Å². The van der Waals surface area contributed by atoms with Crippen LogP contribution >= 0.6 is 11.3 Å². The predicted molar refractivity (Wildman–Crippen MR) is 118 cm³/mol. The molecule has 0 bridgehead atoms. The van der Waals surface area contributed by atoms with Crippen LogP contribution in [0.3, 0.4) is 0 Å². The third-order valence-corrected chi connectivity index (χ3v) is 6.12. The second-order valence-electron chi connectivity index (χ2n) is 7.30. The Hall–Kier alpha value is -3.66. The van der Waals surface area contributed by atoms with Gasteiger partial charge in [0.05, 0.1) is 5.69 Å². The molecule has 9 nitrogen and oxygen atoms in total. The Balaban J connectivity index is 1.49. The number of tetrazole rings is 1. The predicted octanol–water partition coefficient (Wildman–Crippen LogP) is 3.18. The number of H-pyrrole nitrogens is 2. The number of fused-ring (bicyclic) bond motifs is 1. The maximum absolute atomic E-state index is 12.8. The van der Waals surface area contributed by atoms with Crippen molar-refractivity contribution in [2.45, 2.75) is 33.1 Å². The molecule has 0 saturated carbocycles. The second-order valence-corrected chi connectivity index (χ2v) is 8.21. The molecule has 0 amide bonds. The van der Waals surface area contributed by atoms with Crippen LogP contribution in [0.5, 0.6) is 0 Å². The summed E-state index contributed by atoms with van der Waals surface area (Å²) in [6.07, 6.45) is 2.21. The molecule has 5 rings (SSSR count). The lowest BCUT2D eigenvalue weighted by molar-refractivity contribution is 0.765. The molecule has 31 heavy (non-hydrogen) atoms. The molecule has 4 aromatic heterocycles. The van der Waals surface area contributed by atoms with E-state index in [0.29, 0.717) is 23.8 Å². The smallest absolute Gasteiger partial charge is 0.256 e. The molecule has 0 radical (unpaired) electrons. The number of aryl methyl sites for hydroxylation is 2. The minimum atomic E-state index is -0.106. The maximum Gasteiger partial charge on any atom is 0.256 e. The molecule has 156 valence electrons. The van der Waals surface area contributed by atoms with E-state index in [9.17, 15) is 4.79 Å². The summed E-state index contributed by atoms with van der Waals surface area (Å²) in [5.41, 5.74) is 4.62. The van der Waals surface area contributed by atoms with Crippen molar-refractivity contribution in [3.05, 3.63) is 68.7 Å². The van der Waals surface area contributed by atoms with Crippen molar-refractivity contribution >= 4 is 17.1 Å². The molecule has 0 fully saturated rings. The third-order valence-electron chi connectivity index (χ3n) is 5.15. The third kappa shape index (κ3) is 3.55. The molecule has 10 heteroatoms. The summed E-state index contributed by atoms with van der Waals surface area (Å²) in [7, 11) is 0. The van der Waals surface area contributed by atoms with Gasteiger partial charge in [-0.15, -0.1) is 21.5 Å². The van der Waals surface area contributed by atoms with Crippen LogP contribution in [0.25, 0.3) is 27.6 Å². The fourth-order valence-corrected chi connectivity index (χ4v) is 4.66. The first-order valence-electron chi connectivity index (χ1n) is 10.0. The van der Waals surface area contributed by atoms with Gasteiger partial charge in [0.1, 0.15) is 5.82 Å². The van der Waals surface area contributed by atoms with Crippen molar-refractivity contribution in [1.29, 1.82) is 0 Å². The summed E-state index contributed by atoms with van der Waals surface area (Å²) < 4.78 is 1.77. The van der Waals surface area contributed by atoms with Crippen LogP contribution in [-0.4, -0.2) is 40.2 Å². The quantitative estimate of drug-likeness (QED) is 0.426. The summed E-state index contributed by atoms with van der Waals surface area (Å²) in [5.74, 6) is 1.71. The first-order chi connectivity index (χ1) is 15.1. The molecule has 5 aromatic rings. The van der Waals surface area contributed by atoms with Gasteiger partial charge in [0.25, 0.3) is 5.56 Å². The molecule has 0 unspecified atom stereocenters. The first kappa shape index (κ1) is 19.3. The largest absolute Gasteiger partial charge is 0.290 e. The monoisotopic (exact) mass is 432 g/mol. The molecular formula is C21H20N8OS. The van der Waals surface area contributed by atoms with E-state index in [-0.39, 0.29) is 5.56 Å². The van der Waals surface area contributed by atoms with Crippen LogP contribution in [0.1, 0.15) is 36.0 Å². The van der Waals surface area contributed by atoms with Gasteiger partial charge in [0.15, 0.2) is 0 Å². The number of rotatable bonds is 6. The maximum atomic E-state index is 12.8. The lowest BCUT2D eigenvalue weighted by Crippen LogP contribution is -2.20. The topological polar surface area (TPSA) is 118 Å². The van der Waals surface area contributed by atoms with Gasteiger partial charge in [0.2, 0.25) is 11.6 Å². The number of benzene rings is 1. The molecular weight excluding hydrogens is 412 g/mol. The van der Waals surface area contributed by atoms with E-state index in [1.54, 1.807) is 15.9 Å². The van der Waals surface area contributed by atoms with Crippen LogP contribution in [-0.2, 0) is 12.8 Å². The summed E-state index contributed by atoms with van der Waals surface area (Å²) in [6.45, 7) is 3.92. The van der Waals surface area contributed by atoms with Crippen molar-refractivity contribution in [1.82, 2.24) is 40.2 Å². The fraction of sp³-hybridized carbons (Fsp3) is 0.238. The van der Waals surface area contributed by atoms with Gasteiger partial charge in [-0.2, -0.15) is 15.3 Å². The standard InChI is InChI=1S/C21H20N8OS/c1-3-4-17-16(20(30)23-21-22-12(2)26-29(17)21)11-13-5-7-14(8-6-13)18-15(9-10-31-18)19-24-27-28-25-19/h5-10H,3-4,11H2,1-2H3,(H,22,23,26,30)(H,24,25,27,28). The summed E-state index contributed by atoms with van der Waals surface area (Å²) >= 11 is 1.63. The number of hydrogen-bond acceptors (Lipinski definition) is 7. The van der Waals surface area contributed by atoms with E-state index in [4.69, 9.17) is 0 Å². The number of aromatic nitrogens is 8. The summed E-state index contributed by atoms with van der Waals surface area (Å²) in [6, 6.07) is 10.2. The number of aromatic amines is 2. The molecule has 0 saturated heterocycles. The Morgan fingerprint density at radius 1 is 1.16 bits per heavy atom. The van der Waals surface area contributed by atoms with Crippen LogP contribution in [0, 0.1) is 6.92 Å². The summed E-state index contributed by atoms with van der Waals surface area (Å²) in [4.78, 5) is 21.1. The van der Waals surface area contributed by atoms with Crippen molar-refractivity contribution in [3.63, 3.8) is 0 Å².